The lowest BCUT2D eigenvalue weighted by Gasteiger charge is -2.12. The Morgan fingerprint density at radius 2 is 1.69 bits per heavy atom. The van der Waals surface area contributed by atoms with Gasteiger partial charge in [-0.15, -0.1) is 0 Å². The van der Waals surface area contributed by atoms with Gasteiger partial charge in [-0.3, -0.25) is 9.59 Å². The van der Waals surface area contributed by atoms with Gasteiger partial charge in [-0.1, -0.05) is 36.4 Å². The van der Waals surface area contributed by atoms with Crippen molar-refractivity contribution in [2.24, 2.45) is 0 Å². The van der Waals surface area contributed by atoms with Crippen molar-refractivity contribution in [2.75, 3.05) is 19.0 Å². The van der Waals surface area contributed by atoms with Crippen LogP contribution in [-0.2, 0) is 25.6 Å². The maximum absolute atomic E-state index is 12.3. The Kier molecular flexibility index (Phi) is 5.97. The van der Waals surface area contributed by atoms with Crippen molar-refractivity contribution in [3.05, 3.63) is 65.4 Å². The second-order valence-corrected chi connectivity index (χ2v) is 6.66. The highest BCUT2D eigenvalue weighted by atomic mass is 16.5. The Morgan fingerprint density at radius 3 is 2.38 bits per heavy atom. The summed E-state index contributed by atoms with van der Waals surface area (Å²) in [5.74, 6) is -1.48. The topological polar surface area (TPSA) is 86.6 Å². The van der Waals surface area contributed by atoms with E-state index in [1.54, 1.807) is 29.0 Å². The monoisotopic (exact) mass is 394 g/mol. The van der Waals surface area contributed by atoms with Gasteiger partial charge in [0.15, 0.2) is 6.61 Å². The number of carbonyl (C=O) groups is 3. The summed E-state index contributed by atoms with van der Waals surface area (Å²) in [6.45, 7) is 3.26. The average molecular weight is 394 g/mol. The molecule has 0 aliphatic rings. The first-order chi connectivity index (χ1) is 13.9. The highest BCUT2D eigenvalue weighted by Crippen LogP contribution is 2.22. The number of hydrogen-bond acceptors (Lipinski definition) is 5. The van der Waals surface area contributed by atoms with Crippen LogP contribution in [0.3, 0.4) is 0 Å². The lowest BCUT2D eigenvalue weighted by molar-refractivity contribution is -0.147. The number of methoxy groups -OCH3 is 1. The summed E-state index contributed by atoms with van der Waals surface area (Å²) in [6, 6.07) is 12.9. The van der Waals surface area contributed by atoms with E-state index in [4.69, 9.17) is 9.47 Å². The zero-order valence-corrected chi connectivity index (χ0v) is 16.5. The van der Waals surface area contributed by atoms with E-state index in [0.29, 0.717) is 22.2 Å². The predicted molar refractivity (Wildman–Crippen MR) is 109 cm³/mol. The number of nitrogens with zero attached hydrogens (tertiary/aromatic N) is 1. The van der Waals surface area contributed by atoms with Crippen LogP contribution in [-0.4, -0.2) is 36.1 Å². The highest BCUT2D eigenvalue weighted by Gasteiger charge is 2.17. The maximum Gasteiger partial charge on any atom is 0.340 e. The number of aryl methyl sites for hydroxylation is 2. The van der Waals surface area contributed by atoms with Gasteiger partial charge in [0, 0.05) is 22.8 Å². The molecule has 1 N–H and O–H groups in total. The van der Waals surface area contributed by atoms with Crippen molar-refractivity contribution in [1.29, 1.82) is 0 Å². The van der Waals surface area contributed by atoms with E-state index in [0.717, 1.165) is 11.1 Å². The third-order valence-electron chi connectivity index (χ3n) is 4.60. The largest absolute Gasteiger partial charge is 0.465 e. The molecule has 0 spiro atoms. The molecule has 0 saturated carbocycles. The van der Waals surface area contributed by atoms with E-state index in [1.165, 1.54) is 7.11 Å². The summed E-state index contributed by atoms with van der Waals surface area (Å²) in [5, 5.41) is 3.45. The molecule has 150 valence electrons. The van der Waals surface area contributed by atoms with E-state index in [-0.39, 0.29) is 6.54 Å². The summed E-state index contributed by atoms with van der Waals surface area (Å²) >= 11 is 0. The van der Waals surface area contributed by atoms with Crippen molar-refractivity contribution in [3.63, 3.8) is 0 Å². The Labute approximate surface area is 168 Å². The van der Waals surface area contributed by atoms with E-state index in [2.05, 4.69) is 5.32 Å². The van der Waals surface area contributed by atoms with E-state index in [1.807, 2.05) is 38.1 Å². The van der Waals surface area contributed by atoms with E-state index < -0.39 is 24.5 Å². The standard InChI is InChI=1S/C22H22N2O5/c1-14-7-6-8-15(2)21(14)23-19(25)13-29-20(26)12-24-11-17(22(27)28-3)16-9-4-5-10-18(16)24/h4-11H,12-13H2,1-3H3,(H,23,25). The number of anilines is 1. The molecule has 2 aromatic carbocycles. The Balaban J connectivity index is 1.65. The molecule has 0 aliphatic heterocycles. The molecule has 0 atom stereocenters. The summed E-state index contributed by atoms with van der Waals surface area (Å²) in [7, 11) is 1.30. The highest BCUT2D eigenvalue weighted by molar-refractivity contribution is 6.04. The van der Waals surface area contributed by atoms with Gasteiger partial charge in [0.1, 0.15) is 6.54 Å². The fraction of sp³-hybridized carbons (Fsp3) is 0.227. The SMILES string of the molecule is COC(=O)c1cn(CC(=O)OCC(=O)Nc2c(C)cccc2C)c2ccccc12. The van der Waals surface area contributed by atoms with Crippen LogP contribution in [0, 0.1) is 13.8 Å². The molecule has 0 radical (unpaired) electrons. The molecule has 29 heavy (non-hydrogen) atoms. The fourth-order valence-electron chi connectivity index (χ4n) is 3.17. The van der Waals surface area contributed by atoms with Gasteiger partial charge in [-0.05, 0) is 31.0 Å². The van der Waals surface area contributed by atoms with Gasteiger partial charge in [0.2, 0.25) is 0 Å². The van der Waals surface area contributed by atoms with Crippen LogP contribution in [0.5, 0.6) is 0 Å². The molecular formula is C22H22N2O5. The van der Waals surface area contributed by atoms with Crippen molar-refractivity contribution in [3.8, 4) is 0 Å². The molecule has 3 aromatic rings. The zero-order valence-electron chi connectivity index (χ0n) is 16.5. The number of nitrogens with one attached hydrogen (secondary N) is 1. The number of para-hydroxylation sites is 2. The lowest BCUT2D eigenvalue weighted by atomic mass is 10.1. The molecule has 0 saturated heterocycles. The molecule has 1 aromatic heterocycles. The van der Waals surface area contributed by atoms with Gasteiger partial charge < -0.3 is 19.4 Å². The molecule has 0 bridgehead atoms. The predicted octanol–water partition coefficient (Wildman–Crippen LogP) is 3.23. The first-order valence-electron chi connectivity index (χ1n) is 9.08. The molecule has 0 aliphatic carbocycles. The van der Waals surface area contributed by atoms with Crippen LogP contribution >= 0.6 is 0 Å². The smallest absolute Gasteiger partial charge is 0.340 e. The third-order valence-corrected chi connectivity index (χ3v) is 4.60. The summed E-state index contributed by atoms with van der Waals surface area (Å²) < 4.78 is 11.5. The molecular weight excluding hydrogens is 372 g/mol. The number of esters is 2. The first kappa shape index (κ1) is 20.1. The van der Waals surface area contributed by atoms with Crippen LogP contribution in [0.1, 0.15) is 21.5 Å². The maximum atomic E-state index is 12.3. The van der Waals surface area contributed by atoms with Crippen molar-refractivity contribution < 1.29 is 23.9 Å². The molecule has 3 rings (SSSR count). The number of benzene rings is 2. The number of ether oxygens (including phenoxy) is 2. The van der Waals surface area contributed by atoms with Crippen LogP contribution in [0.4, 0.5) is 5.69 Å². The molecule has 1 amide bonds. The number of hydrogen-bond donors (Lipinski definition) is 1. The first-order valence-corrected chi connectivity index (χ1v) is 9.08. The third kappa shape index (κ3) is 4.45. The quantitative estimate of drug-likeness (QED) is 0.649. The molecule has 7 heteroatoms. The number of carbonyl (C=O) groups excluding carboxylic acids is 3. The second kappa shape index (κ2) is 8.60. The number of aromatic nitrogens is 1. The van der Waals surface area contributed by atoms with Gasteiger partial charge in [0.05, 0.1) is 12.7 Å². The van der Waals surface area contributed by atoms with Crippen LogP contribution in [0.25, 0.3) is 10.9 Å². The zero-order chi connectivity index (χ0) is 21.0. The fourth-order valence-corrected chi connectivity index (χ4v) is 3.17. The summed E-state index contributed by atoms with van der Waals surface area (Å²) in [6.07, 6.45) is 1.55. The van der Waals surface area contributed by atoms with Crippen LogP contribution < -0.4 is 5.32 Å². The molecule has 0 unspecified atom stereocenters. The average Bonchev–Trinajstić information content (AvgIpc) is 3.07. The van der Waals surface area contributed by atoms with Crippen LogP contribution in [0.2, 0.25) is 0 Å². The minimum absolute atomic E-state index is 0.131. The Hall–Kier alpha value is -3.61. The minimum Gasteiger partial charge on any atom is -0.465 e. The number of rotatable bonds is 6. The van der Waals surface area contributed by atoms with E-state index in [9.17, 15) is 14.4 Å². The molecule has 7 nitrogen and oxygen atoms in total. The number of fused-ring (bicyclic) bond motifs is 1. The molecule has 0 fully saturated rings. The number of amides is 1. The summed E-state index contributed by atoms with van der Waals surface area (Å²) in [4.78, 5) is 36.4. The Morgan fingerprint density at radius 1 is 1.00 bits per heavy atom. The Bertz CT molecular complexity index is 1060. The minimum atomic E-state index is -0.584. The summed E-state index contributed by atoms with van der Waals surface area (Å²) in [5.41, 5.74) is 3.64. The lowest BCUT2D eigenvalue weighted by Crippen LogP contribution is -2.23. The van der Waals surface area contributed by atoms with Gasteiger partial charge in [-0.25, -0.2) is 4.79 Å². The van der Waals surface area contributed by atoms with Gasteiger partial charge in [-0.2, -0.15) is 0 Å². The second-order valence-electron chi connectivity index (χ2n) is 6.66. The van der Waals surface area contributed by atoms with Gasteiger partial charge >= 0.3 is 11.9 Å². The van der Waals surface area contributed by atoms with Crippen molar-refractivity contribution in [2.45, 2.75) is 20.4 Å². The van der Waals surface area contributed by atoms with E-state index >= 15 is 0 Å². The molecule has 1 heterocycles. The van der Waals surface area contributed by atoms with Gasteiger partial charge in [0.25, 0.3) is 5.91 Å². The normalized spacial score (nSPS) is 10.6. The van der Waals surface area contributed by atoms with Crippen LogP contribution in [0.15, 0.2) is 48.7 Å². The van der Waals surface area contributed by atoms with Crippen molar-refractivity contribution in [1.82, 2.24) is 4.57 Å². The van der Waals surface area contributed by atoms with Crippen molar-refractivity contribution >= 4 is 34.4 Å².